The molecule has 4 aromatic rings. The van der Waals surface area contributed by atoms with E-state index in [4.69, 9.17) is 27.9 Å². The van der Waals surface area contributed by atoms with E-state index < -0.39 is 28.5 Å². The van der Waals surface area contributed by atoms with Crippen molar-refractivity contribution in [3.63, 3.8) is 0 Å². The van der Waals surface area contributed by atoms with Crippen LogP contribution in [0.25, 0.3) is 0 Å². The van der Waals surface area contributed by atoms with E-state index in [9.17, 15) is 18.0 Å². The Bertz CT molecular complexity index is 1670. The van der Waals surface area contributed by atoms with Crippen LogP contribution in [0.1, 0.15) is 18.1 Å². The van der Waals surface area contributed by atoms with Crippen molar-refractivity contribution in [3.8, 4) is 5.75 Å². The molecule has 0 fully saturated rings. The van der Waals surface area contributed by atoms with Crippen LogP contribution in [0.2, 0.25) is 10.0 Å². The summed E-state index contributed by atoms with van der Waals surface area (Å²) in [6, 6.07) is 27.5. The lowest BCUT2D eigenvalue weighted by atomic mass is 10.0. The minimum atomic E-state index is -4.22. The van der Waals surface area contributed by atoms with E-state index in [1.165, 1.54) is 36.3 Å². The highest BCUT2D eigenvalue weighted by Crippen LogP contribution is 2.28. The minimum Gasteiger partial charge on any atom is -0.497 e. The van der Waals surface area contributed by atoms with Gasteiger partial charge in [-0.15, -0.1) is 0 Å². The number of hydrogen-bond donors (Lipinski definition) is 1. The van der Waals surface area contributed by atoms with Gasteiger partial charge in [0.2, 0.25) is 11.8 Å². The van der Waals surface area contributed by atoms with Crippen LogP contribution in [-0.2, 0) is 32.6 Å². The Morgan fingerprint density at radius 2 is 1.52 bits per heavy atom. The number of amides is 2. The molecule has 0 spiro atoms. The minimum absolute atomic E-state index is 0.0215. The first-order chi connectivity index (χ1) is 21.1. The van der Waals surface area contributed by atoms with Crippen molar-refractivity contribution in [1.82, 2.24) is 10.2 Å². The van der Waals surface area contributed by atoms with Crippen molar-refractivity contribution in [3.05, 3.63) is 124 Å². The van der Waals surface area contributed by atoms with E-state index in [-0.39, 0.29) is 23.8 Å². The first-order valence-electron chi connectivity index (χ1n) is 13.9. The normalized spacial score (nSPS) is 11.8. The number of nitrogens with zero attached hydrogens (tertiary/aromatic N) is 2. The second-order valence-corrected chi connectivity index (χ2v) is 12.6. The summed E-state index contributed by atoms with van der Waals surface area (Å²) in [5.41, 5.74) is 1.67. The number of likely N-dealkylation sites (N-methyl/N-ethyl adjacent to an activating group) is 1. The average Bonchev–Trinajstić information content (AvgIpc) is 3.03. The number of para-hydroxylation sites is 1. The molecule has 4 aromatic carbocycles. The highest BCUT2D eigenvalue weighted by Gasteiger charge is 2.34. The Hall–Kier alpha value is -4.05. The zero-order valence-corrected chi connectivity index (χ0v) is 26.6. The molecule has 11 heteroatoms. The molecule has 4 rings (SSSR count). The number of halogens is 2. The number of benzene rings is 4. The lowest BCUT2D eigenvalue weighted by Gasteiger charge is -2.34. The van der Waals surface area contributed by atoms with Gasteiger partial charge < -0.3 is 15.0 Å². The van der Waals surface area contributed by atoms with Gasteiger partial charge in [0.25, 0.3) is 10.0 Å². The molecule has 230 valence electrons. The highest BCUT2D eigenvalue weighted by atomic mass is 35.5. The summed E-state index contributed by atoms with van der Waals surface area (Å²) in [6.07, 6.45) is 0.195. The third-order valence-corrected chi connectivity index (χ3v) is 9.32. The molecule has 0 aliphatic carbocycles. The van der Waals surface area contributed by atoms with Crippen LogP contribution >= 0.6 is 23.2 Å². The lowest BCUT2D eigenvalue weighted by molar-refractivity contribution is -0.140. The predicted molar refractivity (Wildman–Crippen MR) is 174 cm³/mol. The molecule has 1 N–H and O–H groups in total. The summed E-state index contributed by atoms with van der Waals surface area (Å²) < 4.78 is 34.3. The van der Waals surface area contributed by atoms with Crippen molar-refractivity contribution in [1.29, 1.82) is 0 Å². The van der Waals surface area contributed by atoms with E-state index in [1.807, 2.05) is 30.3 Å². The van der Waals surface area contributed by atoms with E-state index in [0.717, 1.165) is 9.87 Å². The lowest BCUT2D eigenvalue weighted by Crippen LogP contribution is -2.53. The van der Waals surface area contributed by atoms with Gasteiger partial charge in [0.05, 0.1) is 17.7 Å². The van der Waals surface area contributed by atoms with Crippen LogP contribution in [0.5, 0.6) is 5.75 Å². The van der Waals surface area contributed by atoms with Crippen LogP contribution in [0.4, 0.5) is 5.69 Å². The molecule has 8 nitrogen and oxygen atoms in total. The van der Waals surface area contributed by atoms with Gasteiger partial charge in [-0.2, -0.15) is 0 Å². The first kappa shape index (κ1) is 32.9. The Balaban J connectivity index is 1.79. The maximum Gasteiger partial charge on any atom is 0.264 e. The summed E-state index contributed by atoms with van der Waals surface area (Å²) in [4.78, 5) is 29.3. The van der Waals surface area contributed by atoms with Crippen LogP contribution in [-0.4, -0.2) is 51.4 Å². The Morgan fingerprint density at radius 3 is 2.11 bits per heavy atom. The number of carbonyl (C=O) groups excluding carboxylic acids is 2. The maximum absolute atomic E-state index is 14.4. The number of methoxy groups -OCH3 is 1. The molecule has 0 aliphatic heterocycles. The Labute approximate surface area is 268 Å². The van der Waals surface area contributed by atoms with Gasteiger partial charge in [-0.05, 0) is 66.6 Å². The molecule has 0 saturated heterocycles. The number of nitrogens with one attached hydrogen (secondary N) is 1. The van der Waals surface area contributed by atoms with Gasteiger partial charge in [0.15, 0.2) is 0 Å². The molecule has 0 aromatic heterocycles. The fourth-order valence-electron chi connectivity index (χ4n) is 4.68. The van der Waals surface area contributed by atoms with Crippen molar-refractivity contribution < 1.29 is 22.7 Å². The number of hydrogen-bond acceptors (Lipinski definition) is 5. The third kappa shape index (κ3) is 8.11. The van der Waals surface area contributed by atoms with Gasteiger partial charge in [0, 0.05) is 29.6 Å². The van der Waals surface area contributed by atoms with E-state index in [0.29, 0.717) is 33.6 Å². The van der Waals surface area contributed by atoms with Gasteiger partial charge in [-0.1, -0.05) is 77.8 Å². The molecule has 0 saturated carbocycles. The van der Waals surface area contributed by atoms with Crippen LogP contribution in [0.3, 0.4) is 0 Å². The predicted octanol–water partition coefficient (Wildman–Crippen LogP) is 5.97. The van der Waals surface area contributed by atoms with Gasteiger partial charge in [-0.25, -0.2) is 8.42 Å². The largest absolute Gasteiger partial charge is 0.497 e. The third-order valence-electron chi connectivity index (χ3n) is 6.95. The zero-order chi connectivity index (χ0) is 31.7. The van der Waals surface area contributed by atoms with Crippen molar-refractivity contribution in [2.45, 2.75) is 30.8 Å². The van der Waals surface area contributed by atoms with Gasteiger partial charge in [0.1, 0.15) is 18.3 Å². The van der Waals surface area contributed by atoms with Crippen molar-refractivity contribution in [2.24, 2.45) is 0 Å². The van der Waals surface area contributed by atoms with Crippen LogP contribution < -0.4 is 14.4 Å². The summed E-state index contributed by atoms with van der Waals surface area (Å²) in [7, 11) is -2.74. The standard InChI is InChI=1S/C33H33Cl2N3O5S/c1-3-36-33(40)31(20-24-10-6-4-7-11-24)37(22-25-14-15-26(34)21-30(25)35)32(39)23-38(27-12-8-5-9-13-27)44(41,42)29-18-16-28(43-2)17-19-29/h4-19,21,31H,3,20,22-23H2,1-2H3,(H,36,40)/t31-/m0/s1. The molecule has 0 radical (unpaired) electrons. The van der Waals surface area contributed by atoms with E-state index in [1.54, 1.807) is 55.5 Å². The second-order valence-electron chi connectivity index (χ2n) is 9.88. The number of sulfonamides is 1. The topological polar surface area (TPSA) is 96.0 Å². The van der Waals surface area contributed by atoms with Crippen LogP contribution in [0.15, 0.2) is 108 Å². The van der Waals surface area contributed by atoms with E-state index in [2.05, 4.69) is 5.32 Å². The fourth-order valence-corrected chi connectivity index (χ4v) is 6.56. The number of rotatable bonds is 13. The fraction of sp³-hybridized carbons (Fsp3) is 0.212. The molecule has 0 aliphatic rings. The molecule has 1 atom stereocenters. The monoisotopic (exact) mass is 653 g/mol. The molecular formula is C33H33Cl2N3O5S. The van der Waals surface area contributed by atoms with Gasteiger partial charge in [-0.3, -0.25) is 13.9 Å². The Kier molecular flexibility index (Phi) is 11.3. The smallest absolute Gasteiger partial charge is 0.264 e. The first-order valence-corrected chi connectivity index (χ1v) is 16.1. The van der Waals surface area contributed by atoms with Crippen molar-refractivity contribution >= 4 is 50.7 Å². The quantitative estimate of drug-likeness (QED) is 0.192. The maximum atomic E-state index is 14.4. The summed E-state index contributed by atoms with van der Waals surface area (Å²) in [5, 5.41) is 3.57. The van der Waals surface area contributed by atoms with Gasteiger partial charge >= 0.3 is 0 Å². The SMILES string of the molecule is CCNC(=O)[C@H](Cc1ccccc1)N(Cc1ccc(Cl)cc1Cl)C(=O)CN(c1ccccc1)S(=O)(=O)c1ccc(OC)cc1. The second kappa shape index (κ2) is 15.1. The van der Waals surface area contributed by atoms with Crippen LogP contribution in [0, 0.1) is 0 Å². The molecule has 44 heavy (non-hydrogen) atoms. The number of ether oxygens (including phenoxy) is 1. The van der Waals surface area contributed by atoms with Crippen molar-refractivity contribution in [2.75, 3.05) is 24.5 Å². The highest BCUT2D eigenvalue weighted by molar-refractivity contribution is 7.92. The molecule has 0 unspecified atom stereocenters. The average molecular weight is 655 g/mol. The number of carbonyl (C=O) groups is 2. The molecule has 2 amide bonds. The molecular weight excluding hydrogens is 621 g/mol. The zero-order valence-electron chi connectivity index (χ0n) is 24.3. The Morgan fingerprint density at radius 1 is 0.886 bits per heavy atom. The molecule has 0 bridgehead atoms. The molecule has 0 heterocycles. The summed E-state index contributed by atoms with van der Waals surface area (Å²) in [6.45, 7) is 1.50. The number of anilines is 1. The van der Waals surface area contributed by atoms with E-state index >= 15 is 0 Å². The summed E-state index contributed by atoms with van der Waals surface area (Å²) in [5.74, 6) is -0.480. The summed E-state index contributed by atoms with van der Waals surface area (Å²) >= 11 is 12.7.